The second-order valence-corrected chi connectivity index (χ2v) is 13.9. The van der Waals surface area contributed by atoms with Gasteiger partial charge in [0.1, 0.15) is 0 Å². The second-order valence-electron chi connectivity index (χ2n) is 12.1. The van der Waals surface area contributed by atoms with E-state index in [2.05, 4.69) is 200 Å². The summed E-state index contributed by atoms with van der Waals surface area (Å²) in [4.78, 5) is 0. The molecular weight excluding hydrogens is 566 g/mol. The van der Waals surface area contributed by atoms with Crippen LogP contribution >= 0.6 is 18.5 Å². The first-order chi connectivity index (χ1) is 21.6. The molecule has 7 rings (SSSR count). The van der Waals surface area contributed by atoms with Crippen LogP contribution in [0.2, 0.25) is 0 Å². The van der Waals surface area contributed by atoms with Crippen molar-refractivity contribution in [2.24, 2.45) is 11.8 Å². The zero-order valence-corrected chi connectivity index (χ0v) is 27.1. The van der Waals surface area contributed by atoms with E-state index in [1.54, 1.807) is 0 Å². The first-order valence-corrected chi connectivity index (χ1v) is 16.7. The Morgan fingerprint density at radius 2 is 0.500 bits per heavy atom. The summed E-state index contributed by atoms with van der Waals surface area (Å²) in [6.07, 6.45) is 0. The fourth-order valence-electron chi connectivity index (χ4n) is 8.02. The molecule has 1 fully saturated rings. The number of rotatable bonds is 8. The van der Waals surface area contributed by atoms with Crippen LogP contribution in [0.5, 0.6) is 0 Å². The Kier molecular flexibility index (Phi) is 8.08. The van der Waals surface area contributed by atoms with Crippen molar-refractivity contribution in [1.82, 2.24) is 0 Å². The summed E-state index contributed by atoms with van der Waals surface area (Å²) in [6, 6.07) is 67.2. The predicted molar refractivity (Wildman–Crippen MR) is 192 cm³/mol. The van der Waals surface area contributed by atoms with Gasteiger partial charge in [0.05, 0.1) is 0 Å². The third kappa shape index (κ3) is 4.86. The summed E-state index contributed by atoms with van der Waals surface area (Å²) in [5.41, 5.74) is 8.10. The summed E-state index contributed by atoms with van der Waals surface area (Å²) in [5.74, 6) is 1.05. The largest absolute Gasteiger partial charge is 0.121 e. The van der Waals surface area contributed by atoms with E-state index < -0.39 is 0 Å². The Labute approximate surface area is 267 Å². The highest BCUT2D eigenvalue weighted by Crippen LogP contribution is 2.73. The molecular formula is C42H38P2. The molecule has 6 atom stereocenters. The minimum Gasteiger partial charge on any atom is -0.121 e. The van der Waals surface area contributed by atoms with Crippen LogP contribution in [0.4, 0.5) is 0 Å². The second kappa shape index (κ2) is 12.3. The lowest BCUT2D eigenvalue weighted by atomic mass is 9.43. The van der Waals surface area contributed by atoms with Gasteiger partial charge < -0.3 is 0 Å². The molecule has 1 aliphatic carbocycles. The van der Waals surface area contributed by atoms with Gasteiger partial charge in [0.2, 0.25) is 0 Å². The highest BCUT2D eigenvalue weighted by atomic mass is 31.0. The molecule has 0 nitrogen and oxygen atoms in total. The van der Waals surface area contributed by atoms with Crippen LogP contribution in [0.25, 0.3) is 0 Å². The minimum atomic E-state index is -0.343. The van der Waals surface area contributed by atoms with E-state index in [1.807, 2.05) is 0 Å². The predicted octanol–water partition coefficient (Wildman–Crippen LogP) is 10.4. The maximum absolute atomic E-state index is 3.43. The van der Waals surface area contributed by atoms with Crippen molar-refractivity contribution in [3.05, 3.63) is 215 Å². The molecule has 6 unspecified atom stereocenters. The van der Waals surface area contributed by atoms with E-state index in [0.29, 0.717) is 0 Å². The van der Waals surface area contributed by atoms with Gasteiger partial charge in [-0.05, 0) is 57.1 Å². The minimum absolute atomic E-state index is 0.239. The number of hydrogen-bond acceptors (Lipinski definition) is 0. The van der Waals surface area contributed by atoms with Crippen LogP contribution in [-0.4, -0.2) is 0 Å². The summed E-state index contributed by atoms with van der Waals surface area (Å²) in [5, 5.41) is -0.686. The molecule has 1 aliphatic rings. The standard InChI is InChI=1S/C42H38P2/c43-41(33-23-11-3-12-24-33,34-25-13-4-14-26-34)39-37(31-19-7-1-8-20-31)38(32-21-9-2-10-22-32)40(39)42(44,35-27-15-5-16-28-35)36-29-17-6-18-30-36/h1-30,37-40H,43-44H2. The zero-order valence-electron chi connectivity index (χ0n) is 24.8. The van der Waals surface area contributed by atoms with Crippen LogP contribution in [-0.2, 0) is 10.3 Å². The third-order valence-corrected chi connectivity index (χ3v) is 12.1. The average molecular weight is 605 g/mol. The van der Waals surface area contributed by atoms with Gasteiger partial charge in [-0.3, -0.25) is 0 Å². The van der Waals surface area contributed by atoms with Crippen molar-refractivity contribution < 1.29 is 0 Å². The van der Waals surface area contributed by atoms with Gasteiger partial charge in [-0.2, -0.15) is 0 Å². The molecule has 2 heteroatoms. The van der Waals surface area contributed by atoms with E-state index in [-0.39, 0.29) is 34.0 Å². The Balaban J connectivity index is 1.57. The first-order valence-electron chi connectivity index (χ1n) is 15.5. The number of hydrogen-bond donors (Lipinski definition) is 0. The van der Waals surface area contributed by atoms with Crippen LogP contribution in [0, 0.1) is 11.8 Å². The van der Waals surface area contributed by atoms with Crippen molar-refractivity contribution in [2.75, 3.05) is 0 Å². The molecule has 44 heavy (non-hydrogen) atoms. The van der Waals surface area contributed by atoms with Gasteiger partial charge in [0, 0.05) is 10.3 Å². The lowest BCUT2D eigenvalue weighted by Gasteiger charge is -2.65. The average Bonchev–Trinajstić information content (AvgIpc) is 3.10. The van der Waals surface area contributed by atoms with E-state index >= 15 is 0 Å². The van der Waals surface area contributed by atoms with E-state index in [9.17, 15) is 0 Å². The normalized spacial score (nSPS) is 20.0. The first kappa shape index (κ1) is 28.9. The lowest BCUT2D eigenvalue weighted by Crippen LogP contribution is -2.58. The molecule has 0 radical (unpaired) electrons. The maximum atomic E-state index is 3.43. The van der Waals surface area contributed by atoms with E-state index in [4.69, 9.17) is 0 Å². The summed E-state index contributed by atoms with van der Waals surface area (Å²) < 4.78 is 0. The molecule has 0 N–H and O–H groups in total. The third-order valence-electron chi connectivity index (χ3n) is 9.97. The fourth-order valence-corrected chi connectivity index (χ4v) is 9.62. The molecule has 0 spiro atoms. The van der Waals surface area contributed by atoms with Gasteiger partial charge in [-0.25, -0.2) is 0 Å². The van der Waals surface area contributed by atoms with Crippen LogP contribution < -0.4 is 0 Å². The Morgan fingerprint density at radius 3 is 0.727 bits per heavy atom. The Bertz CT molecular complexity index is 1560. The molecule has 6 aromatic carbocycles. The molecule has 216 valence electrons. The molecule has 1 saturated carbocycles. The smallest absolute Gasteiger partial charge is 0.0381 e. The van der Waals surface area contributed by atoms with Crippen LogP contribution in [0.15, 0.2) is 182 Å². The van der Waals surface area contributed by atoms with Gasteiger partial charge in [-0.1, -0.05) is 182 Å². The summed E-state index contributed by atoms with van der Waals surface area (Å²) >= 11 is 0. The summed E-state index contributed by atoms with van der Waals surface area (Å²) in [7, 11) is 6.86. The monoisotopic (exact) mass is 604 g/mol. The van der Waals surface area contributed by atoms with Crippen molar-refractivity contribution in [3.63, 3.8) is 0 Å². The summed E-state index contributed by atoms with van der Waals surface area (Å²) in [6.45, 7) is 0. The molecule has 0 saturated heterocycles. The molecule has 0 bridgehead atoms. The van der Waals surface area contributed by atoms with Crippen molar-refractivity contribution in [1.29, 1.82) is 0 Å². The molecule has 0 aromatic heterocycles. The van der Waals surface area contributed by atoms with E-state index in [1.165, 1.54) is 33.4 Å². The zero-order chi connectivity index (χ0) is 30.0. The SMILES string of the molecule is PC(c1ccccc1)(c1ccccc1)C1C(c2ccccc2)C(c2ccccc2)C1C(P)(c1ccccc1)c1ccccc1. The van der Waals surface area contributed by atoms with Gasteiger partial charge in [0.25, 0.3) is 0 Å². The lowest BCUT2D eigenvalue weighted by molar-refractivity contribution is 0.0374. The highest BCUT2D eigenvalue weighted by molar-refractivity contribution is 7.19. The number of benzene rings is 6. The van der Waals surface area contributed by atoms with Gasteiger partial charge in [-0.15, -0.1) is 18.5 Å². The quantitative estimate of drug-likeness (QED) is 0.152. The van der Waals surface area contributed by atoms with Crippen LogP contribution in [0.3, 0.4) is 0 Å². The van der Waals surface area contributed by atoms with Crippen molar-refractivity contribution in [2.45, 2.75) is 22.1 Å². The molecule has 6 aromatic rings. The van der Waals surface area contributed by atoms with Crippen molar-refractivity contribution in [3.8, 4) is 0 Å². The van der Waals surface area contributed by atoms with E-state index in [0.717, 1.165) is 0 Å². The fraction of sp³-hybridized carbons (Fsp3) is 0.143. The van der Waals surface area contributed by atoms with Crippen molar-refractivity contribution >= 4 is 18.5 Å². The highest BCUT2D eigenvalue weighted by Gasteiger charge is 2.65. The molecule has 0 heterocycles. The Hall–Kier alpha value is -3.82. The van der Waals surface area contributed by atoms with Gasteiger partial charge >= 0.3 is 0 Å². The topological polar surface area (TPSA) is 0 Å². The molecule has 0 amide bonds. The maximum Gasteiger partial charge on any atom is 0.0381 e. The Morgan fingerprint density at radius 1 is 0.295 bits per heavy atom. The van der Waals surface area contributed by atoms with Crippen LogP contribution in [0.1, 0.15) is 45.2 Å². The van der Waals surface area contributed by atoms with Gasteiger partial charge in [0.15, 0.2) is 0 Å². The molecule has 0 aliphatic heterocycles.